The second kappa shape index (κ2) is 9.00. The molecule has 1 atom stereocenters. The molecule has 0 saturated heterocycles. The van der Waals surface area contributed by atoms with Crippen LogP contribution >= 0.6 is 11.8 Å². The van der Waals surface area contributed by atoms with Gasteiger partial charge in [-0.2, -0.15) is 11.8 Å². The Morgan fingerprint density at radius 2 is 2.20 bits per heavy atom. The molecule has 0 saturated carbocycles. The molecule has 4 nitrogen and oxygen atoms in total. The van der Waals surface area contributed by atoms with Crippen molar-refractivity contribution in [3.8, 4) is 0 Å². The van der Waals surface area contributed by atoms with E-state index < -0.39 is 6.04 Å². The molecule has 5 heteroatoms. The Labute approximate surface area is 96.3 Å². The van der Waals surface area contributed by atoms with Crippen LogP contribution in [0.1, 0.15) is 20.3 Å². The van der Waals surface area contributed by atoms with Crippen LogP contribution in [0.4, 0.5) is 0 Å². The Morgan fingerprint density at radius 1 is 1.53 bits per heavy atom. The summed E-state index contributed by atoms with van der Waals surface area (Å²) in [6.45, 7) is 5.00. The largest absolute Gasteiger partial charge is 0.377 e. The minimum absolute atomic E-state index is 0.0867. The Kier molecular flexibility index (Phi) is 8.85. The number of hydrogen-bond acceptors (Lipinski definition) is 4. The molecule has 0 aromatic carbocycles. The van der Waals surface area contributed by atoms with Crippen molar-refractivity contribution in [2.24, 2.45) is 5.73 Å². The van der Waals surface area contributed by atoms with Crippen LogP contribution in [0.2, 0.25) is 0 Å². The Bertz CT molecular complexity index is 177. The summed E-state index contributed by atoms with van der Waals surface area (Å²) >= 11 is 1.69. The normalized spacial score (nSPS) is 12.9. The molecular weight excluding hydrogens is 212 g/mol. The zero-order valence-electron chi connectivity index (χ0n) is 9.79. The van der Waals surface area contributed by atoms with E-state index in [0.717, 1.165) is 12.2 Å². The lowest BCUT2D eigenvalue weighted by molar-refractivity contribution is -0.122. The van der Waals surface area contributed by atoms with Crippen LogP contribution in [0.3, 0.4) is 0 Å². The van der Waals surface area contributed by atoms with Gasteiger partial charge in [0, 0.05) is 6.54 Å². The van der Waals surface area contributed by atoms with E-state index in [2.05, 4.69) is 5.32 Å². The SMILES string of the molecule is CSCC[C@H](N)C(=O)NCCOC(C)C. The van der Waals surface area contributed by atoms with Gasteiger partial charge in [-0.1, -0.05) is 0 Å². The molecule has 90 valence electrons. The molecular formula is C10H22N2O2S. The van der Waals surface area contributed by atoms with Crippen molar-refractivity contribution < 1.29 is 9.53 Å². The van der Waals surface area contributed by atoms with E-state index in [4.69, 9.17) is 10.5 Å². The van der Waals surface area contributed by atoms with Crippen LogP contribution in [0.25, 0.3) is 0 Å². The average molecular weight is 234 g/mol. The van der Waals surface area contributed by atoms with Gasteiger partial charge in [-0.05, 0) is 32.3 Å². The Balaban J connectivity index is 3.47. The van der Waals surface area contributed by atoms with Gasteiger partial charge in [-0.25, -0.2) is 0 Å². The van der Waals surface area contributed by atoms with Crippen LogP contribution in [-0.4, -0.2) is 43.2 Å². The van der Waals surface area contributed by atoms with Gasteiger partial charge in [0.25, 0.3) is 0 Å². The maximum absolute atomic E-state index is 11.4. The first-order valence-electron chi connectivity index (χ1n) is 5.21. The minimum Gasteiger partial charge on any atom is -0.377 e. The molecule has 0 aliphatic heterocycles. The van der Waals surface area contributed by atoms with E-state index in [1.54, 1.807) is 11.8 Å². The molecule has 0 unspecified atom stereocenters. The van der Waals surface area contributed by atoms with Crippen molar-refractivity contribution in [2.75, 3.05) is 25.2 Å². The van der Waals surface area contributed by atoms with E-state index >= 15 is 0 Å². The zero-order chi connectivity index (χ0) is 11.7. The summed E-state index contributed by atoms with van der Waals surface area (Å²) in [6, 6.07) is -0.392. The molecule has 0 rings (SSSR count). The highest BCUT2D eigenvalue weighted by Gasteiger charge is 2.11. The average Bonchev–Trinajstić information content (AvgIpc) is 2.20. The van der Waals surface area contributed by atoms with Crippen molar-refractivity contribution in [1.82, 2.24) is 5.32 Å². The van der Waals surface area contributed by atoms with Crippen molar-refractivity contribution in [3.05, 3.63) is 0 Å². The third kappa shape index (κ3) is 8.72. The van der Waals surface area contributed by atoms with Gasteiger partial charge in [-0.3, -0.25) is 4.79 Å². The van der Waals surface area contributed by atoms with Gasteiger partial charge in [0.1, 0.15) is 0 Å². The second-order valence-corrected chi connectivity index (χ2v) is 4.58. The van der Waals surface area contributed by atoms with Crippen LogP contribution in [0.15, 0.2) is 0 Å². The predicted molar refractivity (Wildman–Crippen MR) is 65.1 cm³/mol. The summed E-state index contributed by atoms with van der Waals surface area (Å²) in [5.74, 6) is 0.827. The summed E-state index contributed by atoms with van der Waals surface area (Å²) in [4.78, 5) is 11.4. The number of hydrogen-bond donors (Lipinski definition) is 2. The lowest BCUT2D eigenvalue weighted by Gasteiger charge is -2.12. The molecule has 3 N–H and O–H groups in total. The standard InChI is InChI=1S/C10H22N2O2S/c1-8(2)14-6-5-12-10(13)9(11)4-7-15-3/h8-9H,4-7,11H2,1-3H3,(H,12,13)/t9-/m0/s1. The fraction of sp³-hybridized carbons (Fsp3) is 0.900. The summed E-state index contributed by atoms with van der Waals surface area (Å²) < 4.78 is 5.29. The Morgan fingerprint density at radius 3 is 2.73 bits per heavy atom. The molecule has 0 aliphatic rings. The molecule has 0 heterocycles. The van der Waals surface area contributed by atoms with Crippen LogP contribution < -0.4 is 11.1 Å². The van der Waals surface area contributed by atoms with Gasteiger partial charge in [0.05, 0.1) is 18.8 Å². The fourth-order valence-corrected chi connectivity index (χ4v) is 1.47. The van der Waals surface area contributed by atoms with E-state index in [0.29, 0.717) is 13.2 Å². The van der Waals surface area contributed by atoms with Gasteiger partial charge < -0.3 is 15.8 Å². The van der Waals surface area contributed by atoms with Crippen molar-refractivity contribution in [3.63, 3.8) is 0 Å². The van der Waals surface area contributed by atoms with Gasteiger partial charge in [-0.15, -0.1) is 0 Å². The number of nitrogens with two attached hydrogens (primary N) is 1. The van der Waals surface area contributed by atoms with Crippen molar-refractivity contribution >= 4 is 17.7 Å². The maximum Gasteiger partial charge on any atom is 0.237 e. The molecule has 0 aliphatic carbocycles. The van der Waals surface area contributed by atoms with E-state index in [-0.39, 0.29) is 12.0 Å². The van der Waals surface area contributed by atoms with Gasteiger partial charge in [0.15, 0.2) is 0 Å². The molecule has 0 fully saturated rings. The fourth-order valence-electron chi connectivity index (χ4n) is 0.976. The summed E-state index contributed by atoms with van der Waals surface area (Å²) in [6.07, 6.45) is 2.92. The van der Waals surface area contributed by atoms with E-state index in [1.165, 1.54) is 0 Å². The summed E-state index contributed by atoms with van der Waals surface area (Å²) in [7, 11) is 0. The third-order valence-corrected chi connectivity index (χ3v) is 2.47. The number of thioether (sulfide) groups is 1. The highest BCUT2D eigenvalue weighted by atomic mass is 32.2. The smallest absolute Gasteiger partial charge is 0.237 e. The minimum atomic E-state index is -0.392. The number of ether oxygens (including phenoxy) is 1. The predicted octanol–water partition coefficient (Wildman–Crippen LogP) is 0.608. The van der Waals surface area contributed by atoms with Crippen LogP contribution in [0.5, 0.6) is 0 Å². The first kappa shape index (κ1) is 14.7. The number of carbonyl (C=O) groups excluding carboxylic acids is 1. The van der Waals surface area contributed by atoms with Crippen molar-refractivity contribution in [1.29, 1.82) is 0 Å². The second-order valence-electron chi connectivity index (χ2n) is 3.60. The first-order chi connectivity index (χ1) is 7.07. The first-order valence-corrected chi connectivity index (χ1v) is 6.61. The molecule has 0 radical (unpaired) electrons. The van der Waals surface area contributed by atoms with Gasteiger partial charge in [0.2, 0.25) is 5.91 Å². The van der Waals surface area contributed by atoms with Crippen LogP contribution in [0, 0.1) is 0 Å². The zero-order valence-corrected chi connectivity index (χ0v) is 10.6. The maximum atomic E-state index is 11.4. The highest BCUT2D eigenvalue weighted by Crippen LogP contribution is 1.98. The number of amides is 1. The molecule has 0 spiro atoms. The van der Waals surface area contributed by atoms with Crippen LogP contribution in [-0.2, 0) is 9.53 Å². The highest BCUT2D eigenvalue weighted by molar-refractivity contribution is 7.98. The summed E-state index contributed by atoms with van der Waals surface area (Å²) in [5.41, 5.74) is 5.68. The Hall–Kier alpha value is -0.260. The number of nitrogens with one attached hydrogen (secondary N) is 1. The molecule has 0 bridgehead atoms. The summed E-state index contributed by atoms with van der Waals surface area (Å²) in [5, 5.41) is 2.75. The number of carbonyl (C=O) groups is 1. The van der Waals surface area contributed by atoms with Gasteiger partial charge >= 0.3 is 0 Å². The monoisotopic (exact) mass is 234 g/mol. The lowest BCUT2D eigenvalue weighted by atomic mass is 10.2. The number of rotatable bonds is 8. The quantitative estimate of drug-likeness (QED) is 0.604. The van der Waals surface area contributed by atoms with Crippen molar-refractivity contribution in [2.45, 2.75) is 32.4 Å². The molecule has 15 heavy (non-hydrogen) atoms. The van der Waals surface area contributed by atoms with E-state index in [1.807, 2.05) is 20.1 Å². The molecule has 0 aromatic heterocycles. The molecule has 1 amide bonds. The topological polar surface area (TPSA) is 64.4 Å². The molecule has 0 aromatic rings. The van der Waals surface area contributed by atoms with E-state index in [9.17, 15) is 4.79 Å². The lowest BCUT2D eigenvalue weighted by Crippen LogP contribution is -2.42. The third-order valence-electron chi connectivity index (χ3n) is 1.82.